The molecule has 0 saturated carbocycles. The van der Waals surface area contributed by atoms with Gasteiger partial charge in [0.1, 0.15) is 5.76 Å². The minimum absolute atomic E-state index is 0.0480. The van der Waals surface area contributed by atoms with Gasteiger partial charge in [0, 0.05) is 13.1 Å². The number of hydrogen-bond donors (Lipinski definition) is 0. The highest BCUT2D eigenvalue weighted by molar-refractivity contribution is 7.91. The molecule has 2 heterocycles. The second-order valence-electron chi connectivity index (χ2n) is 5.30. The summed E-state index contributed by atoms with van der Waals surface area (Å²) in [4.78, 5) is 15.5. The lowest BCUT2D eigenvalue weighted by atomic mass is 10.2. The van der Waals surface area contributed by atoms with Crippen LogP contribution in [0.5, 0.6) is 0 Å². The van der Waals surface area contributed by atoms with E-state index in [2.05, 4.69) is 0 Å². The molecule has 1 amide bonds. The first-order valence-corrected chi connectivity index (χ1v) is 8.36. The van der Waals surface area contributed by atoms with Crippen LogP contribution in [0.15, 0.2) is 22.8 Å². The average molecular weight is 300 g/mol. The maximum atomic E-state index is 12.1. The molecule has 1 fully saturated rings. The van der Waals surface area contributed by atoms with Crippen molar-refractivity contribution in [2.45, 2.75) is 19.0 Å². The third kappa shape index (κ3) is 3.83. The van der Waals surface area contributed by atoms with Crippen molar-refractivity contribution in [3.63, 3.8) is 0 Å². The van der Waals surface area contributed by atoms with Crippen LogP contribution >= 0.6 is 0 Å². The molecule has 1 aromatic rings. The molecule has 0 aliphatic carbocycles. The zero-order valence-electron chi connectivity index (χ0n) is 11.8. The Kier molecular flexibility index (Phi) is 4.49. The molecule has 112 valence electrons. The molecule has 1 aromatic heterocycles. The lowest BCUT2D eigenvalue weighted by molar-refractivity contribution is -0.132. The third-order valence-corrected chi connectivity index (χ3v) is 5.37. The van der Waals surface area contributed by atoms with Crippen LogP contribution in [0.4, 0.5) is 0 Å². The number of carbonyl (C=O) groups excluding carboxylic acids is 1. The second-order valence-corrected chi connectivity index (χ2v) is 7.53. The normalized spacial score (nSPS) is 21.2. The highest BCUT2D eigenvalue weighted by Crippen LogP contribution is 2.16. The Labute approximate surface area is 119 Å². The summed E-state index contributed by atoms with van der Waals surface area (Å²) in [5.74, 6) is 1.05. The van der Waals surface area contributed by atoms with E-state index in [1.165, 1.54) is 0 Å². The third-order valence-electron chi connectivity index (χ3n) is 3.62. The van der Waals surface area contributed by atoms with Crippen LogP contribution in [0.2, 0.25) is 0 Å². The van der Waals surface area contributed by atoms with Crippen molar-refractivity contribution < 1.29 is 17.6 Å². The van der Waals surface area contributed by atoms with Crippen molar-refractivity contribution in [1.29, 1.82) is 0 Å². The van der Waals surface area contributed by atoms with Crippen LogP contribution < -0.4 is 0 Å². The van der Waals surface area contributed by atoms with Gasteiger partial charge in [-0.05, 0) is 25.6 Å². The summed E-state index contributed by atoms with van der Waals surface area (Å²) < 4.78 is 28.1. The van der Waals surface area contributed by atoms with Crippen molar-refractivity contribution in [1.82, 2.24) is 9.80 Å². The molecular weight excluding hydrogens is 280 g/mol. The lowest BCUT2D eigenvalue weighted by Crippen LogP contribution is -2.41. The molecule has 1 aliphatic rings. The quantitative estimate of drug-likeness (QED) is 0.785. The molecule has 6 nitrogen and oxygen atoms in total. The number of likely N-dealkylation sites (N-methyl/N-ethyl adjacent to an activating group) is 2. The number of rotatable bonds is 5. The first-order valence-electron chi connectivity index (χ1n) is 6.54. The van der Waals surface area contributed by atoms with Gasteiger partial charge in [0.15, 0.2) is 9.84 Å². The van der Waals surface area contributed by atoms with Crippen molar-refractivity contribution in [2.24, 2.45) is 0 Å². The number of carbonyl (C=O) groups is 1. The van der Waals surface area contributed by atoms with Crippen molar-refractivity contribution in [3.05, 3.63) is 24.2 Å². The Bertz CT molecular complexity index is 553. The average Bonchev–Trinajstić information content (AvgIpc) is 2.98. The monoisotopic (exact) mass is 300 g/mol. The van der Waals surface area contributed by atoms with Gasteiger partial charge < -0.3 is 9.32 Å². The van der Waals surface area contributed by atoms with Gasteiger partial charge in [-0.15, -0.1) is 0 Å². The molecule has 0 spiro atoms. The fraction of sp³-hybridized carbons (Fsp3) is 0.615. The van der Waals surface area contributed by atoms with Gasteiger partial charge in [0.25, 0.3) is 0 Å². The molecule has 20 heavy (non-hydrogen) atoms. The molecule has 2 rings (SSSR count). The highest BCUT2D eigenvalue weighted by atomic mass is 32.2. The number of sulfone groups is 1. The van der Waals surface area contributed by atoms with Gasteiger partial charge in [-0.1, -0.05) is 0 Å². The second kappa shape index (κ2) is 5.97. The van der Waals surface area contributed by atoms with Crippen LogP contribution in [0, 0.1) is 0 Å². The van der Waals surface area contributed by atoms with Crippen LogP contribution in [0.1, 0.15) is 12.2 Å². The van der Waals surface area contributed by atoms with Crippen molar-refractivity contribution in [2.75, 3.05) is 32.1 Å². The molecule has 7 heteroatoms. The molecule has 0 bridgehead atoms. The molecule has 1 unspecified atom stereocenters. The van der Waals surface area contributed by atoms with E-state index in [-0.39, 0.29) is 30.0 Å². The van der Waals surface area contributed by atoms with Gasteiger partial charge in [-0.25, -0.2) is 8.42 Å². The van der Waals surface area contributed by atoms with E-state index in [9.17, 15) is 13.2 Å². The Morgan fingerprint density at radius 3 is 2.75 bits per heavy atom. The maximum Gasteiger partial charge on any atom is 0.236 e. The zero-order chi connectivity index (χ0) is 14.8. The van der Waals surface area contributed by atoms with Crippen LogP contribution in [-0.4, -0.2) is 62.3 Å². The van der Waals surface area contributed by atoms with E-state index in [1.54, 1.807) is 31.3 Å². The molecule has 1 saturated heterocycles. The van der Waals surface area contributed by atoms with Gasteiger partial charge in [-0.2, -0.15) is 0 Å². The molecule has 0 radical (unpaired) electrons. The van der Waals surface area contributed by atoms with Gasteiger partial charge in [0.05, 0.1) is 30.9 Å². The van der Waals surface area contributed by atoms with E-state index in [1.807, 2.05) is 11.0 Å². The number of hydrogen-bond acceptors (Lipinski definition) is 5. The summed E-state index contributed by atoms with van der Waals surface area (Å²) in [5.41, 5.74) is 0. The van der Waals surface area contributed by atoms with Crippen LogP contribution in [0.3, 0.4) is 0 Å². The van der Waals surface area contributed by atoms with E-state index >= 15 is 0 Å². The molecule has 0 aromatic carbocycles. The summed E-state index contributed by atoms with van der Waals surface area (Å²) in [5, 5.41) is 0. The number of amides is 1. The standard InChI is InChI=1S/C13H20N2O4S/c1-14(11-5-7-20(17,18)10-11)9-13(16)15(2)8-12-4-3-6-19-12/h3-4,6,11H,5,7-10H2,1-2H3. The summed E-state index contributed by atoms with van der Waals surface area (Å²) in [6.45, 7) is 0.639. The summed E-state index contributed by atoms with van der Waals surface area (Å²) in [7, 11) is 0.589. The SMILES string of the molecule is CN(Cc1ccco1)C(=O)CN(C)C1CCS(=O)(=O)C1. The largest absolute Gasteiger partial charge is 0.467 e. The topological polar surface area (TPSA) is 70.8 Å². The minimum Gasteiger partial charge on any atom is -0.467 e. The van der Waals surface area contributed by atoms with Crippen molar-refractivity contribution in [3.8, 4) is 0 Å². The van der Waals surface area contributed by atoms with E-state index in [4.69, 9.17) is 4.42 Å². The molecule has 1 atom stereocenters. The van der Waals surface area contributed by atoms with Crippen molar-refractivity contribution >= 4 is 15.7 Å². The molecule has 1 aliphatic heterocycles. The molecular formula is C13H20N2O4S. The highest BCUT2D eigenvalue weighted by Gasteiger charge is 2.31. The van der Waals surface area contributed by atoms with E-state index < -0.39 is 9.84 Å². The van der Waals surface area contributed by atoms with E-state index in [0.717, 1.165) is 5.76 Å². The van der Waals surface area contributed by atoms with Crippen LogP contribution in [-0.2, 0) is 21.2 Å². The summed E-state index contributed by atoms with van der Waals surface area (Å²) in [6, 6.07) is 3.54. The fourth-order valence-corrected chi connectivity index (χ4v) is 4.12. The first kappa shape index (κ1) is 15.1. The Morgan fingerprint density at radius 1 is 1.45 bits per heavy atom. The minimum atomic E-state index is -2.92. The summed E-state index contributed by atoms with van der Waals surface area (Å²) >= 11 is 0. The van der Waals surface area contributed by atoms with Crippen LogP contribution in [0.25, 0.3) is 0 Å². The van der Waals surface area contributed by atoms with Gasteiger partial charge in [-0.3, -0.25) is 9.69 Å². The fourth-order valence-electron chi connectivity index (χ4n) is 2.31. The van der Waals surface area contributed by atoms with Gasteiger partial charge in [0.2, 0.25) is 5.91 Å². The summed E-state index contributed by atoms with van der Waals surface area (Å²) in [6.07, 6.45) is 2.18. The predicted molar refractivity (Wildman–Crippen MR) is 74.9 cm³/mol. The number of furan rings is 1. The van der Waals surface area contributed by atoms with E-state index in [0.29, 0.717) is 13.0 Å². The first-order chi connectivity index (χ1) is 9.37. The zero-order valence-corrected chi connectivity index (χ0v) is 12.6. The Morgan fingerprint density at radius 2 is 2.20 bits per heavy atom. The number of nitrogens with zero attached hydrogens (tertiary/aromatic N) is 2. The lowest BCUT2D eigenvalue weighted by Gasteiger charge is -2.25. The van der Waals surface area contributed by atoms with Gasteiger partial charge >= 0.3 is 0 Å². The maximum absolute atomic E-state index is 12.1. The Balaban J connectivity index is 1.84. The predicted octanol–water partition coefficient (Wildman–Crippen LogP) is 0.357. The Hall–Kier alpha value is -1.34. The smallest absolute Gasteiger partial charge is 0.236 e. The molecule has 0 N–H and O–H groups in total.